The lowest BCUT2D eigenvalue weighted by Gasteiger charge is -2.22. The fourth-order valence-corrected chi connectivity index (χ4v) is 3.10. The van der Waals surface area contributed by atoms with Gasteiger partial charge in [-0.25, -0.2) is 4.98 Å². The zero-order valence-electron chi connectivity index (χ0n) is 11.1. The first-order valence-corrected chi connectivity index (χ1v) is 7.48. The summed E-state index contributed by atoms with van der Waals surface area (Å²) in [5, 5.41) is 6.01. The summed E-state index contributed by atoms with van der Waals surface area (Å²) in [6.45, 7) is 7.16. The molecule has 1 N–H and O–H groups in total. The number of nitrogens with zero attached hydrogens (tertiary/aromatic N) is 2. The Balaban J connectivity index is 1.74. The Kier molecular flexibility index (Phi) is 4.72. The van der Waals surface area contributed by atoms with Crippen LogP contribution in [0.2, 0.25) is 0 Å². The number of hydrogen-bond donors (Lipinski definition) is 1. The van der Waals surface area contributed by atoms with Gasteiger partial charge in [0.15, 0.2) is 0 Å². The van der Waals surface area contributed by atoms with E-state index < -0.39 is 0 Å². The van der Waals surface area contributed by atoms with Crippen LogP contribution >= 0.6 is 11.3 Å². The first-order chi connectivity index (χ1) is 8.69. The van der Waals surface area contributed by atoms with Gasteiger partial charge in [-0.15, -0.1) is 11.3 Å². The number of likely N-dealkylation sites (N-methyl/N-ethyl adjacent to an activating group) is 1. The number of nitrogens with one attached hydrogen (secondary N) is 1. The normalized spacial score (nSPS) is 20.2. The topological polar surface area (TPSA) is 45.2 Å². The van der Waals surface area contributed by atoms with Gasteiger partial charge >= 0.3 is 0 Å². The molecule has 1 saturated heterocycles. The predicted molar refractivity (Wildman–Crippen MR) is 73.8 cm³/mol. The highest BCUT2D eigenvalue weighted by molar-refractivity contribution is 7.09. The van der Waals surface area contributed by atoms with Gasteiger partial charge in [0.1, 0.15) is 0 Å². The zero-order chi connectivity index (χ0) is 13.0. The van der Waals surface area contributed by atoms with Gasteiger partial charge in [-0.1, -0.05) is 6.92 Å². The van der Waals surface area contributed by atoms with Gasteiger partial charge in [0.25, 0.3) is 0 Å². The number of likely N-dealkylation sites (tertiary alicyclic amines) is 1. The molecule has 18 heavy (non-hydrogen) atoms. The van der Waals surface area contributed by atoms with Crippen LogP contribution in [-0.2, 0) is 11.2 Å². The highest BCUT2D eigenvalue weighted by Gasteiger charge is 2.23. The molecule has 1 fully saturated rings. The summed E-state index contributed by atoms with van der Waals surface area (Å²) in [5.74, 6) is 0.0863. The number of hydrogen-bond acceptors (Lipinski definition) is 4. The Morgan fingerprint density at radius 1 is 1.67 bits per heavy atom. The molecule has 0 radical (unpaired) electrons. The molecule has 0 saturated carbocycles. The van der Waals surface area contributed by atoms with Gasteiger partial charge in [0, 0.05) is 18.0 Å². The second-order valence-corrected chi connectivity index (χ2v) is 5.83. The van der Waals surface area contributed by atoms with Crippen LogP contribution in [0, 0.1) is 6.92 Å². The van der Waals surface area contributed by atoms with Crippen molar-refractivity contribution < 1.29 is 4.79 Å². The van der Waals surface area contributed by atoms with Crippen LogP contribution in [0.1, 0.15) is 30.5 Å². The number of carbonyl (C=O) groups is 1. The molecular formula is C13H21N3OS. The third-order valence-corrected chi connectivity index (χ3v) is 4.27. The van der Waals surface area contributed by atoms with Crippen LogP contribution in [0.15, 0.2) is 5.38 Å². The molecule has 2 heterocycles. The molecular weight excluding hydrogens is 246 g/mol. The lowest BCUT2D eigenvalue weighted by molar-refractivity contribution is -0.120. The summed E-state index contributed by atoms with van der Waals surface area (Å²) in [6, 6.07) is 0.524. The number of carbonyl (C=O) groups excluding carboxylic acids is 1. The third kappa shape index (κ3) is 3.53. The number of rotatable bonds is 5. The number of aryl methyl sites for hydroxylation is 1. The van der Waals surface area contributed by atoms with Gasteiger partial charge in [-0.2, -0.15) is 0 Å². The van der Waals surface area contributed by atoms with Crippen molar-refractivity contribution in [2.45, 2.75) is 39.2 Å². The Hall–Kier alpha value is -0.940. The summed E-state index contributed by atoms with van der Waals surface area (Å²) in [5.41, 5.74) is 0.883. The molecule has 0 aromatic carbocycles. The van der Waals surface area contributed by atoms with E-state index in [4.69, 9.17) is 0 Å². The van der Waals surface area contributed by atoms with Crippen LogP contribution in [0.5, 0.6) is 0 Å². The molecule has 4 nitrogen and oxygen atoms in total. The first kappa shape index (κ1) is 13.5. The first-order valence-electron chi connectivity index (χ1n) is 6.60. The minimum atomic E-state index is 0.0863. The maximum absolute atomic E-state index is 11.8. The van der Waals surface area contributed by atoms with Crippen molar-refractivity contribution in [1.29, 1.82) is 0 Å². The molecule has 0 spiro atoms. The van der Waals surface area contributed by atoms with Gasteiger partial charge in [0.2, 0.25) is 5.91 Å². The van der Waals surface area contributed by atoms with E-state index >= 15 is 0 Å². The SMILES string of the molecule is CCN1CCCC1CNC(=O)Cc1csc(C)n1. The standard InChI is InChI=1S/C13H21N3OS/c1-3-16-6-4-5-12(16)8-14-13(17)7-11-9-18-10(2)15-11/h9,12H,3-8H2,1-2H3,(H,14,17). The van der Waals surface area contributed by atoms with E-state index in [0.29, 0.717) is 12.5 Å². The molecule has 1 aliphatic rings. The van der Waals surface area contributed by atoms with E-state index in [1.807, 2.05) is 12.3 Å². The van der Waals surface area contributed by atoms with Crippen molar-refractivity contribution in [3.05, 3.63) is 16.1 Å². The van der Waals surface area contributed by atoms with Crippen molar-refractivity contribution in [3.8, 4) is 0 Å². The fourth-order valence-electron chi connectivity index (χ4n) is 2.49. The highest BCUT2D eigenvalue weighted by Crippen LogP contribution is 2.15. The predicted octanol–water partition coefficient (Wildman–Crippen LogP) is 1.59. The molecule has 1 atom stereocenters. The largest absolute Gasteiger partial charge is 0.354 e. The number of amides is 1. The number of thiazole rings is 1. The Morgan fingerprint density at radius 3 is 3.17 bits per heavy atom. The van der Waals surface area contributed by atoms with Gasteiger partial charge in [-0.3, -0.25) is 9.69 Å². The molecule has 1 unspecified atom stereocenters. The van der Waals surface area contributed by atoms with Crippen LogP contribution in [0.4, 0.5) is 0 Å². The molecule has 1 aromatic rings. The van der Waals surface area contributed by atoms with Crippen LogP contribution in [-0.4, -0.2) is 41.5 Å². The molecule has 2 rings (SSSR count). The Bertz CT molecular complexity index is 405. The van der Waals surface area contributed by atoms with E-state index in [1.165, 1.54) is 19.4 Å². The van der Waals surface area contributed by atoms with Crippen molar-refractivity contribution in [2.24, 2.45) is 0 Å². The minimum Gasteiger partial charge on any atom is -0.354 e. The molecule has 0 aliphatic carbocycles. The van der Waals surface area contributed by atoms with Crippen molar-refractivity contribution in [3.63, 3.8) is 0 Å². The maximum Gasteiger partial charge on any atom is 0.226 e. The van der Waals surface area contributed by atoms with Gasteiger partial charge in [0.05, 0.1) is 17.1 Å². The average Bonchev–Trinajstić information content (AvgIpc) is 2.95. The summed E-state index contributed by atoms with van der Waals surface area (Å²) in [7, 11) is 0. The monoisotopic (exact) mass is 267 g/mol. The molecule has 1 amide bonds. The van der Waals surface area contributed by atoms with E-state index in [0.717, 1.165) is 23.8 Å². The minimum absolute atomic E-state index is 0.0863. The van der Waals surface area contributed by atoms with Gasteiger partial charge in [-0.05, 0) is 32.9 Å². The fraction of sp³-hybridized carbons (Fsp3) is 0.692. The van der Waals surface area contributed by atoms with Crippen molar-refractivity contribution >= 4 is 17.2 Å². The summed E-state index contributed by atoms with van der Waals surface area (Å²) < 4.78 is 0. The third-order valence-electron chi connectivity index (χ3n) is 3.45. The van der Waals surface area contributed by atoms with Crippen molar-refractivity contribution in [1.82, 2.24) is 15.2 Å². The second-order valence-electron chi connectivity index (χ2n) is 4.76. The molecule has 1 aliphatic heterocycles. The summed E-state index contributed by atoms with van der Waals surface area (Å²) >= 11 is 1.59. The van der Waals surface area contributed by atoms with Gasteiger partial charge < -0.3 is 5.32 Å². The average molecular weight is 267 g/mol. The van der Waals surface area contributed by atoms with E-state index in [2.05, 4.69) is 22.1 Å². The highest BCUT2D eigenvalue weighted by atomic mass is 32.1. The second kappa shape index (κ2) is 6.29. The number of aromatic nitrogens is 1. The van der Waals surface area contributed by atoms with E-state index in [9.17, 15) is 4.79 Å². The van der Waals surface area contributed by atoms with Crippen LogP contribution in [0.3, 0.4) is 0 Å². The summed E-state index contributed by atoms with van der Waals surface area (Å²) in [4.78, 5) is 18.6. The quantitative estimate of drug-likeness (QED) is 0.881. The lowest BCUT2D eigenvalue weighted by atomic mass is 10.2. The molecule has 1 aromatic heterocycles. The Morgan fingerprint density at radius 2 is 2.50 bits per heavy atom. The molecule has 0 bridgehead atoms. The maximum atomic E-state index is 11.8. The Labute approximate surface area is 112 Å². The zero-order valence-corrected chi connectivity index (χ0v) is 11.9. The summed E-state index contributed by atoms with van der Waals surface area (Å²) in [6.07, 6.45) is 2.85. The van der Waals surface area contributed by atoms with E-state index in [-0.39, 0.29) is 5.91 Å². The molecule has 5 heteroatoms. The van der Waals surface area contributed by atoms with Crippen LogP contribution < -0.4 is 5.32 Å². The molecule has 100 valence electrons. The van der Waals surface area contributed by atoms with E-state index in [1.54, 1.807) is 11.3 Å². The van der Waals surface area contributed by atoms with Crippen LogP contribution in [0.25, 0.3) is 0 Å². The lowest BCUT2D eigenvalue weighted by Crippen LogP contribution is -2.40. The smallest absolute Gasteiger partial charge is 0.226 e. The van der Waals surface area contributed by atoms with Crippen molar-refractivity contribution in [2.75, 3.05) is 19.6 Å².